The van der Waals surface area contributed by atoms with Gasteiger partial charge in [-0.15, -0.1) is 0 Å². The molecule has 104 valence electrons. The van der Waals surface area contributed by atoms with Crippen molar-refractivity contribution in [3.8, 4) is 5.75 Å². The van der Waals surface area contributed by atoms with E-state index in [0.29, 0.717) is 13.1 Å². The van der Waals surface area contributed by atoms with E-state index in [4.69, 9.17) is 10.5 Å². The summed E-state index contributed by atoms with van der Waals surface area (Å²) in [5.41, 5.74) is 6.45. The number of amides is 2. The Kier molecular flexibility index (Phi) is 3.66. The maximum absolute atomic E-state index is 12.0. The molecule has 1 heterocycles. The summed E-state index contributed by atoms with van der Waals surface area (Å²) in [5, 5.41) is 2.99. The van der Waals surface area contributed by atoms with Gasteiger partial charge < -0.3 is 20.7 Å². The Morgan fingerprint density at radius 2 is 2.26 bits per heavy atom. The standard InChI is InChI=1S/C14H21N3O2/c1-14(2,9-15)17-8-12(16-13(17)18)10-5-4-6-11(7-10)19-3/h4-7,12H,8-9,15H2,1-3H3,(H,16,18). The van der Waals surface area contributed by atoms with Gasteiger partial charge in [0.25, 0.3) is 0 Å². The van der Waals surface area contributed by atoms with E-state index in [-0.39, 0.29) is 17.6 Å². The SMILES string of the molecule is COc1cccc(C2CN(C(C)(C)CN)C(=O)N2)c1. The molecule has 0 aromatic heterocycles. The molecule has 1 saturated heterocycles. The second-order valence-corrected chi connectivity index (χ2v) is 5.41. The first-order valence-electron chi connectivity index (χ1n) is 6.40. The Hall–Kier alpha value is -1.75. The Labute approximate surface area is 113 Å². The molecule has 2 rings (SSSR count). The number of ether oxygens (including phenoxy) is 1. The van der Waals surface area contributed by atoms with Gasteiger partial charge in [-0.2, -0.15) is 0 Å². The first-order chi connectivity index (χ1) is 8.97. The summed E-state index contributed by atoms with van der Waals surface area (Å²) in [5.74, 6) is 0.795. The zero-order chi connectivity index (χ0) is 14.0. The number of nitrogens with two attached hydrogens (primary N) is 1. The zero-order valence-corrected chi connectivity index (χ0v) is 11.6. The van der Waals surface area contributed by atoms with E-state index in [0.717, 1.165) is 11.3 Å². The molecule has 0 saturated carbocycles. The second-order valence-electron chi connectivity index (χ2n) is 5.41. The molecular weight excluding hydrogens is 242 g/mol. The van der Waals surface area contributed by atoms with E-state index in [9.17, 15) is 4.79 Å². The van der Waals surface area contributed by atoms with Gasteiger partial charge in [0, 0.05) is 13.1 Å². The highest BCUT2D eigenvalue weighted by Crippen LogP contribution is 2.27. The molecule has 1 unspecified atom stereocenters. The van der Waals surface area contributed by atoms with E-state index in [1.54, 1.807) is 12.0 Å². The number of nitrogens with zero attached hydrogens (tertiary/aromatic N) is 1. The van der Waals surface area contributed by atoms with Crippen molar-refractivity contribution in [3.63, 3.8) is 0 Å². The van der Waals surface area contributed by atoms with Crippen molar-refractivity contribution in [1.29, 1.82) is 0 Å². The number of rotatable bonds is 4. The molecule has 0 radical (unpaired) electrons. The van der Waals surface area contributed by atoms with E-state index in [1.807, 2.05) is 38.1 Å². The molecule has 5 heteroatoms. The van der Waals surface area contributed by atoms with Gasteiger partial charge in [0.2, 0.25) is 0 Å². The molecule has 1 aliphatic heterocycles. The van der Waals surface area contributed by atoms with E-state index < -0.39 is 0 Å². The Morgan fingerprint density at radius 1 is 1.53 bits per heavy atom. The lowest BCUT2D eigenvalue weighted by Gasteiger charge is -2.33. The van der Waals surface area contributed by atoms with Crippen LogP contribution in [0, 0.1) is 0 Å². The molecule has 1 fully saturated rings. The molecule has 19 heavy (non-hydrogen) atoms. The number of nitrogens with one attached hydrogen (secondary N) is 1. The average molecular weight is 263 g/mol. The predicted octanol–water partition coefficient (Wildman–Crippen LogP) is 1.50. The molecule has 5 nitrogen and oxygen atoms in total. The predicted molar refractivity (Wildman–Crippen MR) is 74.1 cm³/mol. The Balaban J connectivity index is 2.18. The minimum absolute atomic E-state index is 0.0200. The van der Waals surface area contributed by atoms with E-state index in [1.165, 1.54) is 0 Å². The van der Waals surface area contributed by atoms with Crippen molar-refractivity contribution < 1.29 is 9.53 Å². The van der Waals surface area contributed by atoms with Gasteiger partial charge >= 0.3 is 6.03 Å². The Bertz CT molecular complexity index is 474. The van der Waals surface area contributed by atoms with E-state index >= 15 is 0 Å². The number of hydrogen-bond acceptors (Lipinski definition) is 3. The minimum Gasteiger partial charge on any atom is -0.497 e. The van der Waals surface area contributed by atoms with Crippen molar-refractivity contribution in [2.75, 3.05) is 20.2 Å². The quantitative estimate of drug-likeness (QED) is 0.865. The topological polar surface area (TPSA) is 67.6 Å². The second kappa shape index (κ2) is 5.09. The molecule has 0 aliphatic carbocycles. The number of hydrogen-bond donors (Lipinski definition) is 2. The summed E-state index contributed by atoms with van der Waals surface area (Å²) in [6.07, 6.45) is 0. The molecule has 1 atom stereocenters. The summed E-state index contributed by atoms with van der Waals surface area (Å²) in [6.45, 7) is 5.00. The van der Waals surface area contributed by atoms with Crippen LogP contribution in [0.25, 0.3) is 0 Å². The van der Waals surface area contributed by atoms with Crippen LogP contribution in [0.15, 0.2) is 24.3 Å². The van der Waals surface area contributed by atoms with Gasteiger partial charge in [0.1, 0.15) is 5.75 Å². The summed E-state index contributed by atoms with van der Waals surface area (Å²) in [7, 11) is 1.64. The van der Waals surface area contributed by atoms with Gasteiger partial charge in [0.15, 0.2) is 0 Å². The highest BCUT2D eigenvalue weighted by molar-refractivity contribution is 5.78. The highest BCUT2D eigenvalue weighted by Gasteiger charge is 2.38. The van der Waals surface area contributed by atoms with Crippen LogP contribution in [-0.2, 0) is 0 Å². The van der Waals surface area contributed by atoms with Crippen LogP contribution >= 0.6 is 0 Å². The fraction of sp³-hybridized carbons (Fsp3) is 0.500. The summed E-state index contributed by atoms with van der Waals surface area (Å²) in [6, 6.07) is 7.67. The average Bonchev–Trinajstić information content (AvgIpc) is 2.82. The number of carbonyl (C=O) groups excluding carboxylic acids is 1. The fourth-order valence-electron chi connectivity index (χ4n) is 2.22. The monoisotopic (exact) mass is 263 g/mol. The van der Waals surface area contributed by atoms with E-state index in [2.05, 4.69) is 5.32 Å². The lowest BCUT2D eigenvalue weighted by Crippen LogP contribution is -2.50. The maximum Gasteiger partial charge on any atom is 0.318 e. The maximum atomic E-state index is 12.0. The largest absolute Gasteiger partial charge is 0.497 e. The highest BCUT2D eigenvalue weighted by atomic mass is 16.5. The Morgan fingerprint density at radius 3 is 2.89 bits per heavy atom. The van der Waals surface area contributed by atoms with Crippen molar-refractivity contribution >= 4 is 6.03 Å². The molecule has 3 N–H and O–H groups in total. The smallest absolute Gasteiger partial charge is 0.318 e. The van der Waals surface area contributed by atoms with Crippen LogP contribution < -0.4 is 15.8 Å². The van der Waals surface area contributed by atoms with Crippen LogP contribution in [0.1, 0.15) is 25.5 Å². The van der Waals surface area contributed by atoms with Crippen LogP contribution in [0.2, 0.25) is 0 Å². The fourth-order valence-corrected chi connectivity index (χ4v) is 2.22. The van der Waals surface area contributed by atoms with Gasteiger partial charge in [0.05, 0.1) is 18.7 Å². The third kappa shape index (κ3) is 2.66. The summed E-state index contributed by atoms with van der Waals surface area (Å²) >= 11 is 0. The first kappa shape index (κ1) is 13.7. The minimum atomic E-state index is -0.336. The number of methoxy groups -OCH3 is 1. The molecule has 0 bridgehead atoms. The summed E-state index contributed by atoms with van der Waals surface area (Å²) < 4.78 is 5.21. The number of carbonyl (C=O) groups is 1. The molecule has 1 aromatic rings. The molecule has 2 amide bonds. The zero-order valence-electron chi connectivity index (χ0n) is 11.6. The molecule has 1 aliphatic rings. The van der Waals surface area contributed by atoms with Crippen LogP contribution in [0.3, 0.4) is 0 Å². The van der Waals surface area contributed by atoms with Crippen molar-refractivity contribution in [2.45, 2.75) is 25.4 Å². The van der Waals surface area contributed by atoms with Gasteiger partial charge in [-0.05, 0) is 31.5 Å². The third-order valence-corrected chi connectivity index (χ3v) is 3.63. The van der Waals surface area contributed by atoms with Crippen molar-refractivity contribution in [1.82, 2.24) is 10.2 Å². The third-order valence-electron chi connectivity index (χ3n) is 3.63. The van der Waals surface area contributed by atoms with Gasteiger partial charge in [-0.1, -0.05) is 12.1 Å². The molecule has 0 spiro atoms. The van der Waals surface area contributed by atoms with Crippen LogP contribution in [0.5, 0.6) is 5.75 Å². The molecule has 1 aromatic carbocycles. The summed E-state index contributed by atoms with van der Waals surface area (Å²) in [4.78, 5) is 13.8. The molecular formula is C14H21N3O2. The lowest BCUT2D eigenvalue weighted by atomic mass is 10.0. The van der Waals surface area contributed by atoms with Gasteiger partial charge in [-0.25, -0.2) is 4.79 Å². The van der Waals surface area contributed by atoms with Gasteiger partial charge in [-0.3, -0.25) is 0 Å². The normalized spacial score (nSPS) is 19.5. The number of urea groups is 1. The number of benzene rings is 1. The van der Waals surface area contributed by atoms with Crippen molar-refractivity contribution in [3.05, 3.63) is 29.8 Å². The van der Waals surface area contributed by atoms with Crippen molar-refractivity contribution in [2.24, 2.45) is 5.73 Å². The van der Waals surface area contributed by atoms with Crippen LogP contribution in [0.4, 0.5) is 4.79 Å². The van der Waals surface area contributed by atoms with Crippen LogP contribution in [-0.4, -0.2) is 36.7 Å². The lowest BCUT2D eigenvalue weighted by molar-refractivity contribution is 0.163. The first-order valence-corrected chi connectivity index (χ1v) is 6.40.